The molecule has 0 heterocycles. The minimum atomic E-state index is -0.359. The Kier molecular flexibility index (Phi) is 4.89. The molecule has 1 N–H and O–H groups in total. The molecule has 1 nitrogen and oxygen atoms in total. The molecular formula is C16H16BrF2N. The average molecular weight is 340 g/mol. The molecule has 4 heteroatoms. The van der Waals surface area contributed by atoms with Crippen molar-refractivity contribution in [2.45, 2.75) is 19.9 Å². The van der Waals surface area contributed by atoms with Crippen LogP contribution >= 0.6 is 15.9 Å². The van der Waals surface area contributed by atoms with E-state index in [9.17, 15) is 8.78 Å². The number of aryl methyl sites for hydroxylation is 1. The van der Waals surface area contributed by atoms with E-state index in [0.717, 1.165) is 5.56 Å². The topological polar surface area (TPSA) is 12.0 Å². The van der Waals surface area contributed by atoms with Gasteiger partial charge in [-0.1, -0.05) is 30.7 Å². The van der Waals surface area contributed by atoms with Gasteiger partial charge < -0.3 is 5.32 Å². The lowest BCUT2D eigenvalue weighted by Gasteiger charge is -2.20. The molecule has 0 bridgehead atoms. The first-order valence-electron chi connectivity index (χ1n) is 6.47. The second-order valence-corrected chi connectivity index (χ2v) is 5.54. The quantitative estimate of drug-likeness (QED) is 0.848. The first-order valence-corrected chi connectivity index (χ1v) is 7.26. The normalized spacial score (nSPS) is 12.4. The van der Waals surface area contributed by atoms with Crippen molar-refractivity contribution in [2.75, 3.05) is 6.54 Å². The summed E-state index contributed by atoms with van der Waals surface area (Å²) in [6.07, 6.45) is 0. The minimum Gasteiger partial charge on any atom is -0.306 e. The van der Waals surface area contributed by atoms with Crippen LogP contribution in [0.15, 0.2) is 40.9 Å². The van der Waals surface area contributed by atoms with E-state index >= 15 is 0 Å². The van der Waals surface area contributed by atoms with Gasteiger partial charge in [-0.2, -0.15) is 0 Å². The largest absolute Gasteiger partial charge is 0.306 e. The van der Waals surface area contributed by atoms with Crippen molar-refractivity contribution in [1.29, 1.82) is 0 Å². The molecule has 2 aromatic rings. The highest BCUT2D eigenvalue weighted by atomic mass is 79.9. The van der Waals surface area contributed by atoms with Crippen LogP contribution in [0.5, 0.6) is 0 Å². The maximum Gasteiger partial charge on any atom is 0.137 e. The number of hydrogen-bond acceptors (Lipinski definition) is 1. The van der Waals surface area contributed by atoms with Gasteiger partial charge in [-0.25, -0.2) is 8.78 Å². The number of hydrogen-bond donors (Lipinski definition) is 1. The second-order valence-electron chi connectivity index (χ2n) is 4.69. The van der Waals surface area contributed by atoms with Gasteiger partial charge in [-0.05, 0) is 53.2 Å². The Bertz CT molecular complexity index is 613. The van der Waals surface area contributed by atoms with Crippen LogP contribution < -0.4 is 5.32 Å². The highest BCUT2D eigenvalue weighted by Crippen LogP contribution is 2.28. The van der Waals surface area contributed by atoms with Crippen LogP contribution in [0.4, 0.5) is 8.78 Å². The zero-order valence-corrected chi connectivity index (χ0v) is 13.0. The lowest BCUT2D eigenvalue weighted by Crippen LogP contribution is -2.23. The van der Waals surface area contributed by atoms with Gasteiger partial charge in [0, 0.05) is 5.56 Å². The molecule has 106 valence electrons. The minimum absolute atomic E-state index is 0.287. The molecule has 0 saturated carbocycles. The summed E-state index contributed by atoms with van der Waals surface area (Å²) in [4.78, 5) is 0. The first kappa shape index (κ1) is 15.1. The van der Waals surface area contributed by atoms with Crippen LogP contribution in [0.25, 0.3) is 0 Å². The van der Waals surface area contributed by atoms with Gasteiger partial charge in [0.25, 0.3) is 0 Å². The summed E-state index contributed by atoms with van der Waals surface area (Å²) in [5.41, 5.74) is 2.22. The zero-order valence-electron chi connectivity index (χ0n) is 11.4. The Morgan fingerprint density at radius 3 is 2.50 bits per heavy atom. The van der Waals surface area contributed by atoms with Crippen molar-refractivity contribution in [3.8, 4) is 0 Å². The maximum atomic E-state index is 14.1. The van der Waals surface area contributed by atoms with E-state index in [1.54, 1.807) is 24.3 Å². The lowest BCUT2D eigenvalue weighted by atomic mass is 9.96. The second kappa shape index (κ2) is 6.46. The Labute approximate surface area is 126 Å². The Hall–Kier alpha value is -1.26. The Balaban J connectivity index is 2.49. The van der Waals surface area contributed by atoms with Crippen LogP contribution in [0, 0.1) is 18.6 Å². The summed E-state index contributed by atoms with van der Waals surface area (Å²) in [5, 5.41) is 3.21. The predicted molar refractivity (Wildman–Crippen MR) is 80.8 cm³/mol. The maximum absolute atomic E-state index is 14.1. The van der Waals surface area contributed by atoms with Crippen LogP contribution in [0.3, 0.4) is 0 Å². The highest BCUT2D eigenvalue weighted by molar-refractivity contribution is 9.10. The molecule has 20 heavy (non-hydrogen) atoms. The van der Waals surface area contributed by atoms with Gasteiger partial charge in [-0.15, -0.1) is 0 Å². The molecular weight excluding hydrogens is 324 g/mol. The molecule has 2 aromatic carbocycles. The fourth-order valence-electron chi connectivity index (χ4n) is 2.19. The van der Waals surface area contributed by atoms with Gasteiger partial charge in [0.05, 0.1) is 10.5 Å². The number of benzene rings is 2. The third-order valence-corrected chi connectivity index (χ3v) is 3.79. The van der Waals surface area contributed by atoms with Crippen molar-refractivity contribution >= 4 is 15.9 Å². The molecule has 0 aliphatic heterocycles. The van der Waals surface area contributed by atoms with Crippen LogP contribution in [-0.4, -0.2) is 6.54 Å². The van der Waals surface area contributed by atoms with Gasteiger partial charge in [0.15, 0.2) is 0 Å². The van der Waals surface area contributed by atoms with E-state index in [0.29, 0.717) is 22.1 Å². The van der Waals surface area contributed by atoms with Gasteiger partial charge in [0.2, 0.25) is 0 Å². The molecule has 0 fully saturated rings. The molecule has 0 aliphatic rings. The summed E-state index contributed by atoms with van der Waals surface area (Å²) >= 11 is 3.13. The Morgan fingerprint density at radius 2 is 1.85 bits per heavy atom. The zero-order chi connectivity index (χ0) is 14.7. The van der Waals surface area contributed by atoms with E-state index in [4.69, 9.17) is 0 Å². The van der Waals surface area contributed by atoms with Crippen molar-refractivity contribution < 1.29 is 8.78 Å². The fraction of sp³-hybridized carbons (Fsp3) is 0.250. The van der Waals surface area contributed by atoms with Crippen molar-refractivity contribution in [3.05, 3.63) is 69.2 Å². The van der Waals surface area contributed by atoms with Gasteiger partial charge in [-0.3, -0.25) is 0 Å². The van der Waals surface area contributed by atoms with Crippen LogP contribution in [0.1, 0.15) is 29.7 Å². The average Bonchev–Trinajstić information content (AvgIpc) is 2.42. The van der Waals surface area contributed by atoms with Gasteiger partial charge in [0.1, 0.15) is 11.6 Å². The lowest BCUT2D eigenvalue weighted by molar-refractivity contribution is 0.553. The van der Waals surface area contributed by atoms with Crippen molar-refractivity contribution in [2.24, 2.45) is 0 Å². The summed E-state index contributed by atoms with van der Waals surface area (Å²) in [7, 11) is 0. The monoisotopic (exact) mass is 339 g/mol. The van der Waals surface area contributed by atoms with E-state index in [-0.39, 0.29) is 17.7 Å². The smallest absolute Gasteiger partial charge is 0.137 e. The number of halogens is 3. The van der Waals surface area contributed by atoms with E-state index in [1.165, 1.54) is 12.1 Å². The summed E-state index contributed by atoms with van der Waals surface area (Å²) in [6.45, 7) is 4.51. The third kappa shape index (κ3) is 3.25. The molecule has 0 saturated heterocycles. The Morgan fingerprint density at radius 1 is 1.10 bits per heavy atom. The van der Waals surface area contributed by atoms with Crippen LogP contribution in [-0.2, 0) is 0 Å². The number of nitrogens with one attached hydrogen (secondary N) is 1. The molecule has 1 atom stereocenters. The third-order valence-electron chi connectivity index (χ3n) is 3.15. The fourth-order valence-corrected chi connectivity index (χ4v) is 2.43. The first-order chi connectivity index (χ1) is 9.52. The van der Waals surface area contributed by atoms with Gasteiger partial charge >= 0.3 is 0 Å². The number of rotatable bonds is 4. The molecule has 0 spiro atoms. The standard InChI is InChI=1S/C16H16BrF2N/c1-3-20-16(11-5-6-13(17)15(19)9-11)12-8-10(2)4-7-14(12)18/h4-9,16,20H,3H2,1-2H3. The summed E-state index contributed by atoms with van der Waals surface area (Å²) < 4.78 is 28.2. The molecule has 0 aliphatic carbocycles. The molecule has 1 unspecified atom stereocenters. The predicted octanol–water partition coefficient (Wildman–Crippen LogP) is 4.73. The van der Waals surface area contributed by atoms with Crippen molar-refractivity contribution in [3.63, 3.8) is 0 Å². The van der Waals surface area contributed by atoms with Crippen molar-refractivity contribution in [1.82, 2.24) is 5.32 Å². The van der Waals surface area contributed by atoms with Crippen LogP contribution in [0.2, 0.25) is 0 Å². The molecule has 0 amide bonds. The van der Waals surface area contributed by atoms with E-state index < -0.39 is 0 Å². The SMILES string of the molecule is CCNC(c1ccc(Br)c(F)c1)c1cc(C)ccc1F. The highest BCUT2D eigenvalue weighted by Gasteiger charge is 2.18. The summed E-state index contributed by atoms with van der Waals surface area (Å²) in [6, 6.07) is 9.48. The molecule has 2 rings (SSSR count). The summed E-state index contributed by atoms with van der Waals surface area (Å²) in [5.74, 6) is -0.636. The molecule has 0 aromatic heterocycles. The molecule has 0 radical (unpaired) electrons. The van der Waals surface area contributed by atoms with E-state index in [2.05, 4.69) is 21.2 Å². The van der Waals surface area contributed by atoms with E-state index in [1.807, 2.05) is 13.8 Å².